The van der Waals surface area contributed by atoms with E-state index in [-0.39, 0.29) is 5.82 Å². The Morgan fingerprint density at radius 1 is 1.21 bits per heavy atom. The van der Waals surface area contributed by atoms with E-state index < -0.39 is 0 Å². The van der Waals surface area contributed by atoms with Crippen LogP contribution in [0.3, 0.4) is 0 Å². The minimum Gasteiger partial charge on any atom is -0.310 e. The molecule has 1 aromatic carbocycles. The smallest absolute Gasteiger partial charge is 0.129 e. The minimum atomic E-state index is -0.0703. The molecular weight excluding hydrogens is 237 g/mol. The van der Waals surface area contributed by atoms with Crippen molar-refractivity contribution in [2.45, 2.75) is 60.0 Å². The van der Waals surface area contributed by atoms with Crippen LogP contribution in [-0.2, 0) is 6.54 Å². The van der Waals surface area contributed by atoms with Crippen molar-refractivity contribution in [1.82, 2.24) is 5.32 Å². The molecule has 2 atom stereocenters. The summed E-state index contributed by atoms with van der Waals surface area (Å²) in [5, 5.41) is 3.65. The van der Waals surface area contributed by atoms with Gasteiger partial charge in [0.15, 0.2) is 0 Å². The van der Waals surface area contributed by atoms with Crippen LogP contribution in [0.4, 0.5) is 4.39 Å². The van der Waals surface area contributed by atoms with Crippen molar-refractivity contribution >= 4 is 0 Å². The third-order valence-corrected chi connectivity index (χ3v) is 4.40. The molecule has 1 nitrogen and oxygen atoms in total. The number of rotatable bonds is 3. The highest BCUT2D eigenvalue weighted by atomic mass is 19.1. The van der Waals surface area contributed by atoms with Gasteiger partial charge in [-0.25, -0.2) is 4.39 Å². The molecule has 19 heavy (non-hydrogen) atoms. The number of benzene rings is 1. The summed E-state index contributed by atoms with van der Waals surface area (Å²) in [6, 6.07) is 4.50. The molecule has 0 bridgehead atoms. The quantitative estimate of drug-likeness (QED) is 0.854. The third-order valence-electron chi connectivity index (χ3n) is 4.40. The Kier molecular flexibility index (Phi) is 4.00. The second-order valence-electron chi connectivity index (χ2n) is 7.08. The van der Waals surface area contributed by atoms with E-state index in [1.165, 1.54) is 18.4 Å². The second-order valence-corrected chi connectivity index (χ2v) is 7.08. The molecule has 0 saturated heterocycles. The van der Waals surface area contributed by atoms with Crippen molar-refractivity contribution in [2.24, 2.45) is 11.3 Å². The molecule has 0 aliphatic heterocycles. The summed E-state index contributed by atoms with van der Waals surface area (Å²) in [6.07, 6.45) is 2.51. The molecule has 2 unspecified atom stereocenters. The van der Waals surface area contributed by atoms with Crippen molar-refractivity contribution in [1.29, 1.82) is 0 Å². The van der Waals surface area contributed by atoms with Gasteiger partial charge < -0.3 is 5.32 Å². The van der Waals surface area contributed by atoms with Crippen molar-refractivity contribution in [3.63, 3.8) is 0 Å². The number of halogens is 1. The molecule has 0 amide bonds. The molecule has 1 N–H and O–H groups in total. The molecule has 1 aromatic rings. The van der Waals surface area contributed by atoms with Gasteiger partial charge in [-0.05, 0) is 54.7 Å². The lowest BCUT2D eigenvalue weighted by Gasteiger charge is -2.19. The van der Waals surface area contributed by atoms with Gasteiger partial charge in [0.25, 0.3) is 0 Å². The Bertz CT molecular complexity index is 441. The van der Waals surface area contributed by atoms with Gasteiger partial charge in [0.2, 0.25) is 0 Å². The largest absolute Gasteiger partial charge is 0.310 e. The Morgan fingerprint density at radius 2 is 1.79 bits per heavy atom. The van der Waals surface area contributed by atoms with E-state index in [0.717, 1.165) is 23.6 Å². The van der Waals surface area contributed by atoms with Crippen LogP contribution in [0.5, 0.6) is 0 Å². The van der Waals surface area contributed by atoms with Gasteiger partial charge in [-0.1, -0.05) is 32.9 Å². The monoisotopic (exact) mass is 263 g/mol. The van der Waals surface area contributed by atoms with Gasteiger partial charge in [-0.15, -0.1) is 0 Å². The summed E-state index contributed by atoms with van der Waals surface area (Å²) >= 11 is 0. The third kappa shape index (κ3) is 3.36. The molecule has 0 aromatic heterocycles. The molecule has 1 fully saturated rings. The lowest BCUT2D eigenvalue weighted by atomic mass is 9.91. The average molecular weight is 263 g/mol. The number of hydrogen-bond donors (Lipinski definition) is 1. The summed E-state index contributed by atoms with van der Waals surface area (Å²) in [7, 11) is 0. The fourth-order valence-electron chi connectivity index (χ4n) is 3.55. The number of nitrogens with one attached hydrogen (secondary N) is 1. The maximum Gasteiger partial charge on any atom is 0.129 e. The molecule has 106 valence electrons. The fourth-order valence-corrected chi connectivity index (χ4v) is 3.55. The average Bonchev–Trinajstić information content (AvgIpc) is 2.56. The van der Waals surface area contributed by atoms with E-state index in [9.17, 15) is 4.39 Å². The van der Waals surface area contributed by atoms with Gasteiger partial charge in [-0.3, -0.25) is 0 Å². The van der Waals surface area contributed by atoms with Crippen molar-refractivity contribution < 1.29 is 4.39 Å². The zero-order valence-corrected chi connectivity index (χ0v) is 12.8. The van der Waals surface area contributed by atoms with Crippen LogP contribution in [-0.4, -0.2) is 6.04 Å². The standard InChI is InChI=1S/C17H26FN/c1-11-6-14(7-12(2)16(11)18)10-19-15-9-17(4,5)8-13(15)3/h6-7,13,15,19H,8-10H2,1-5H3. The van der Waals surface area contributed by atoms with E-state index in [0.29, 0.717) is 11.5 Å². The van der Waals surface area contributed by atoms with Crippen molar-refractivity contribution in [3.05, 3.63) is 34.6 Å². The summed E-state index contributed by atoms with van der Waals surface area (Å²) in [5.41, 5.74) is 3.13. The van der Waals surface area contributed by atoms with Crippen LogP contribution >= 0.6 is 0 Å². The lowest BCUT2D eigenvalue weighted by Crippen LogP contribution is -2.31. The highest BCUT2D eigenvalue weighted by Gasteiger charge is 2.36. The highest BCUT2D eigenvalue weighted by molar-refractivity contribution is 5.30. The molecule has 0 heterocycles. The van der Waals surface area contributed by atoms with Gasteiger partial charge in [0, 0.05) is 12.6 Å². The maximum absolute atomic E-state index is 13.6. The van der Waals surface area contributed by atoms with Crippen LogP contribution in [0, 0.1) is 31.0 Å². The van der Waals surface area contributed by atoms with E-state index in [2.05, 4.69) is 26.1 Å². The zero-order chi connectivity index (χ0) is 14.2. The van der Waals surface area contributed by atoms with Crippen LogP contribution in [0.1, 0.15) is 50.3 Å². The molecular formula is C17H26FN. The first-order valence-electron chi connectivity index (χ1n) is 7.27. The normalized spacial score (nSPS) is 25.8. The second kappa shape index (κ2) is 5.24. The molecule has 0 radical (unpaired) electrons. The van der Waals surface area contributed by atoms with Crippen molar-refractivity contribution in [2.75, 3.05) is 0 Å². The van der Waals surface area contributed by atoms with Crippen LogP contribution in [0.2, 0.25) is 0 Å². The topological polar surface area (TPSA) is 12.0 Å². The van der Waals surface area contributed by atoms with E-state index in [1.54, 1.807) is 0 Å². The Balaban J connectivity index is 2.00. The van der Waals surface area contributed by atoms with E-state index in [1.807, 2.05) is 26.0 Å². The Morgan fingerprint density at radius 3 is 2.26 bits per heavy atom. The zero-order valence-electron chi connectivity index (χ0n) is 12.8. The van der Waals surface area contributed by atoms with Gasteiger partial charge in [-0.2, -0.15) is 0 Å². The predicted molar refractivity (Wildman–Crippen MR) is 78.7 cm³/mol. The first-order chi connectivity index (χ1) is 8.78. The molecule has 2 rings (SSSR count). The van der Waals surface area contributed by atoms with E-state index >= 15 is 0 Å². The maximum atomic E-state index is 13.6. The van der Waals surface area contributed by atoms with Crippen LogP contribution in [0.25, 0.3) is 0 Å². The van der Waals surface area contributed by atoms with Gasteiger partial charge >= 0.3 is 0 Å². The number of hydrogen-bond acceptors (Lipinski definition) is 1. The fraction of sp³-hybridized carbons (Fsp3) is 0.647. The SMILES string of the molecule is Cc1cc(CNC2CC(C)(C)CC2C)cc(C)c1F. The van der Waals surface area contributed by atoms with Crippen LogP contribution < -0.4 is 5.32 Å². The summed E-state index contributed by atoms with van der Waals surface area (Å²) < 4.78 is 13.6. The molecule has 1 saturated carbocycles. The summed E-state index contributed by atoms with van der Waals surface area (Å²) in [6.45, 7) is 11.5. The van der Waals surface area contributed by atoms with Crippen LogP contribution in [0.15, 0.2) is 12.1 Å². The predicted octanol–water partition coefficient (Wildman–Crippen LogP) is 4.36. The molecule has 0 spiro atoms. The van der Waals surface area contributed by atoms with Gasteiger partial charge in [0.1, 0.15) is 5.82 Å². The minimum absolute atomic E-state index is 0.0703. The first kappa shape index (κ1) is 14.5. The first-order valence-corrected chi connectivity index (χ1v) is 7.27. The molecule has 1 aliphatic rings. The van der Waals surface area contributed by atoms with E-state index in [4.69, 9.17) is 0 Å². The summed E-state index contributed by atoms with van der Waals surface area (Å²) in [4.78, 5) is 0. The Labute approximate surface area is 116 Å². The molecule has 1 aliphatic carbocycles. The Hall–Kier alpha value is -0.890. The molecule has 2 heteroatoms. The highest BCUT2D eigenvalue weighted by Crippen LogP contribution is 2.40. The number of aryl methyl sites for hydroxylation is 2. The van der Waals surface area contributed by atoms with Crippen molar-refractivity contribution in [3.8, 4) is 0 Å². The lowest BCUT2D eigenvalue weighted by molar-refractivity contribution is 0.362. The summed E-state index contributed by atoms with van der Waals surface area (Å²) in [5.74, 6) is 0.650. The van der Waals surface area contributed by atoms with Gasteiger partial charge in [0.05, 0.1) is 0 Å².